The zero-order valence-corrected chi connectivity index (χ0v) is 13.5. The maximum absolute atomic E-state index is 12.4. The number of halogens is 1. The zero-order valence-electron chi connectivity index (χ0n) is 12.7. The highest BCUT2D eigenvalue weighted by Gasteiger charge is 2.38. The molecule has 0 aromatic heterocycles. The fourth-order valence-electron chi connectivity index (χ4n) is 3.25. The first-order valence-electron chi connectivity index (χ1n) is 7.76. The standard InChI is InChI=1S/C16H19ClN4O2/c17-13-7-12(4-3-11(13)8-18)19-16(23)21-9-14(15(22)10-21)20-5-1-2-6-20/h3-4,7,14-15,22H,1-2,5-6,9-10H2,(H,19,23)/t14-,15+/m0/s1. The number of urea groups is 1. The van der Waals surface area contributed by atoms with Crippen LogP contribution < -0.4 is 5.32 Å². The molecule has 23 heavy (non-hydrogen) atoms. The van der Waals surface area contributed by atoms with Crippen LogP contribution in [0.1, 0.15) is 18.4 Å². The third-order valence-corrected chi connectivity index (χ3v) is 4.81. The molecule has 2 aliphatic heterocycles. The molecule has 2 aliphatic rings. The number of rotatable bonds is 2. The summed E-state index contributed by atoms with van der Waals surface area (Å²) in [5.74, 6) is 0. The molecule has 0 aliphatic carbocycles. The Balaban J connectivity index is 1.62. The van der Waals surface area contributed by atoms with Gasteiger partial charge in [-0.05, 0) is 44.1 Å². The second-order valence-corrected chi connectivity index (χ2v) is 6.43. The molecular formula is C16H19ClN4O2. The quantitative estimate of drug-likeness (QED) is 0.865. The van der Waals surface area contributed by atoms with Crippen molar-refractivity contribution in [3.63, 3.8) is 0 Å². The summed E-state index contributed by atoms with van der Waals surface area (Å²) in [6.07, 6.45) is 1.79. The van der Waals surface area contributed by atoms with Crippen molar-refractivity contribution in [2.45, 2.75) is 25.0 Å². The van der Waals surface area contributed by atoms with Crippen LogP contribution in [0.2, 0.25) is 5.02 Å². The first-order chi connectivity index (χ1) is 11.1. The summed E-state index contributed by atoms with van der Waals surface area (Å²) in [5, 5.41) is 22.2. The number of aliphatic hydroxyl groups excluding tert-OH is 1. The summed E-state index contributed by atoms with van der Waals surface area (Å²) in [5.41, 5.74) is 0.911. The maximum Gasteiger partial charge on any atom is 0.321 e. The highest BCUT2D eigenvalue weighted by atomic mass is 35.5. The molecule has 2 saturated heterocycles. The topological polar surface area (TPSA) is 79.6 Å². The van der Waals surface area contributed by atoms with Crippen molar-refractivity contribution in [2.75, 3.05) is 31.5 Å². The molecule has 2 fully saturated rings. The second kappa shape index (κ2) is 6.75. The molecule has 122 valence electrons. The fraction of sp³-hybridized carbons (Fsp3) is 0.500. The van der Waals surface area contributed by atoms with Gasteiger partial charge in [0.05, 0.1) is 29.3 Å². The van der Waals surface area contributed by atoms with Crippen molar-refractivity contribution in [2.24, 2.45) is 0 Å². The number of benzene rings is 1. The van der Waals surface area contributed by atoms with Crippen LogP contribution in [0, 0.1) is 11.3 Å². The van der Waals surface area contributed by atoms with Crippen molar-refractivity contribution in [3.8, 4) is 6.07 Å². The van der Waals surface area contributed by atoms with Gasteiger partial charge in [0.25, 0.3) is 0 Å². The normalized spacial score (nSPS) is 24.7. The smallest absolute Gasteiger partial charge is 0.321 e. The van der Waals surface area contributed by atoms with Gasteiger partial charge in [-0.25, -0.2) is 4.79 Å². The number of carbonyl (C=O) groups is 1. The number of nitriles is 1. The van der Waals surface area contributed by atoms with E-state index in [2.05, 4.69) is 10.2 Å². The Kier molecular flexibility index (Phi) is 4.71. The minimum atomic E-state index is -0.511. The van der Waals surface area contributed by atoms with Crippen LogP contribution in [0.25, 0.3) is 0 Å². The predicted molar refractivity (Wildman–Crippen MR) is 87.4 cm³/mol. The number of nitrogens with zero attached hydrogens (tertiary/aromatic N) is 3. The Morgan fingerprint density at radius 1 is 1.35 bits per heavy atom. The van der Waals surface area contributed by atoms with Crippen molar-refractivity contribution in [3.05, 3.63) is 28.8 Å². The number of nitrogens with one attached hydrogen (secondary N) is 1. The van der Waals surface area contributed by atoms with Gasteiger partial charge < -0.3 is 15.3 Å². The van der Waals surface area contributed by atoms with E-state index in [0.29, 0.717) is 29.4 Å². The maximum atomic E-state index is 12.4. The molecule has 0 bridgehead atoms. The molecule has 3 rings (SSSR count). The molecule has 2 N–H and O–H groups in total. The molecular weight excluding hydrogens is 316 g/mol. The summed E-state index contributed by atoms with van der Waals surface area (Å²) in [4.78, 5) is 16.2. The van der Waals surface area contributed by atoms with E-state index in [9.17, 15) is 9.90 Å². The number of β-amino-alcohol motifs (C(OH)–C–C–N with tert-alkyl or cyclic N) is 1. The molecule has 2 heterocycles. The third kappa shape index (κ3) is 3.42. The number of likely N-dealkylation sites (tertiary alicyclic amines) is 2. The van der Waals surface area contributed by atoms with Gasteiger partial charge in [-0.3, -0.25) is 4.90 Å². The highest BCUT2D eigenvalue weighted by Crippen LogP contribution is 2.23. The SMILES string of the molecule is N#Cc1ccc(NC(=O)N2C[C@@H](O)[C@@H](N3CCCC3)C2)cc1Cl. The van der Waals surface area contributed by atoms with Crippen LogP contribution in [0.5, 0.6) is 0 Å². The lowest BCUT2D eigenvalue weighted by molar-refractivity contribution is 0.0980. The van der Waals surface area contributed by atoms with Gasteiger partial charge >= 0.3 is 6.03 Å². The van der Waals surface area contributed by atoms with Gasteiger partial charge in [0, 0.05) is 12.2 Å². The van der Waals surface area contributed by atoms with Crippen LogP contribution in [0.15, 0.2) is 18.2 Å². The minimum Gasteiger partial charge on any atom is -0.390 e. The Bertz CT molecular complexity index is 639. The number of amides is 2. The summed E-state index contributed by atoms with van der Waals surface area (Å²) in [7, 11) is 0. The molecule has 0 unspecified atom stereocenters. The summed E-state index contributed by atoms with van der Waals surface area (Å²) in [6, 6.07) is 6.52. The molecule has 0 spiro atoms. The van der Waals surface area contributed by atoms with E-state index in [1.807, 2.05) is 6.07 Å². The van der Waals surface area contributed by atoms with E-state index < -0.39 is 6.10 Å². The van der Waals surface area contributed by atoms with Crippen molar-refractivity contribution in [1.82, 2.24) is 9.80 Å². The Labute approximate surface area is 140 Å². The monoisotopic (exact) mass is 334 g/mol. The van der Waals surface area contributed by atoms with Crippen LogP contribution in [-0.2, 0) is 0 Å². The molecule has 1 aromatic rings. The number of hydrogen-bond acceptors (Lipinski definition) is 4. The molecule has 7 heteroatoms. The first-order valence-corrected chi connectivity index (χ1v) is 8.14. The van der Waals surface area contributed by atoms with Crippen molar-refractivity contribution in [1.29, 1.82) is 5.26 Å². The number of carbonyl (C=O) groups excluding carboxylic acids is 1. The lowest BCUT2D eigenvalue weighted by Crippen LogP contribution is -2.41. The molecule has 0 saturated carbocycles. The number of anilines is 1. The Hall–Kier alpha value is -1.81. The van der Waals surface area contributed by atoms with Crippen molar-refractivity contribution < 1.29 is 9.90 Å². The Morgan fingerprint density at radius 2 is 2.09 bits per heavy atom. The summed E-state index contributed by atoms with van der Waals surface area (Å²) < 4.78 is 0. The number of aliphatic hydroxyl groups is 1. The Morgan fingerprint density at radius 3 is 2.74 bits per heavy atom. The second-order valence-electron chi connectivity index (χ2n) is 6.02. The van der Waals surface area contributed by atoms with E-state index in [0.717, 1.165) is 25.9 Å². The van der Waals surface area contributed by atoms with E-state index in [-0.39, 0.29) is 12.1 Å². The van der Waals surface area contributed by atoms with E-state index in [1.165, 1.54) is 0 Å². The van der Waals surface area contributed by atoms with Gasteiger partial charge in [-0.1, -0.05) is 11.6 Å². The summed E-state index contributed by atoms with van der Waals surface area (Å²) >= 11 is 5.97. The molecule has 1 aromatic carbocycles. The molecule has 6 nitrogen and oxygen atoms in total. The van der Waals surface area contributed by atoms with Gasteiger partial charge in [0.2, 0.25) is 0 Å². The van der Waals surface area contributed by atoms with Gasteiger partial charge in [-0.15, -0.1) is 0 Å². The van der Waals surface area contributed by atoms with Gasteiger partial charge in [0.1, 0.15) is 6.07 Å². The van der Waals surface area contributed by atoms with Crippen LogP contribution in [0.3, 0.4) is 0 Å². The van der Waals surface area contributed by atoms with Crippen LogP contribution >= 0.6 is 11.6 Å². The summed E-state index contributed by atoms with van der Waals surface area (Å²) in [6.45, 7) is 2.83. The molecule has 2 amide bonds. The van der Waals surface area contributed by atoms with E-state index >= 15 is 0 Å². The minimum absolute atomic E-state index is 0.0211. The fourth-order valence-corrected chi connectivity index (χ4v) is 3.48. The lowest BCUT2D eigenvalue weighted by atomic mass is 10.2. The third-order valence-electron chi connectivity index (χ3n) is 4.50. The molecule has 2 atom stereocenters. The molecule has 0 radical (unpaired) electrons. The predicted octanol–water partition coefficient (Wildman–Crippen LogP) is 1.88. The van der Waals surface area contributed by atoms with Crippen LogP contribution in [0.4, 0.5) is 10.5 Å². The van der Waals surface area contributed by atoms with E-state index in [4.69, 9.17) is 16.9 Å². The van der Waals surface area contributed by atoms with Crippen LogP contribution in [-0.4, -0.2) is 59.3 Å². The first kappa shape index (κ1) is 16.1. The number of hydrogen-bond donors (Lipinski definition) is 2. The van der Waals surface area contributed by atoms with Gasteiger partial charge in [0.15, 0.2) is 0 Å². The average Bonchev–Trinajstić information content (AvgIpc) is 3.16. The van der Waals surface area contributed by atoms with Crippen molar-refractivity contribution >= 4 is 23.3 Å². The lowest BCUT2D eigenvalue weighted by Gasteiger charge is -2.25. The van der Waals surface area contributed by atoms with E-state index in [1.54, 1.807) is 23.1 Å². The largest absolute Gasteiger partial charge is 0.390 e. The van der Waals surface area contributed by atoms with Gasteiger partial charge in [-0.2, -0.15) is 5.26 Å². The zero-order chi connectivity index (χ0) is 16.4. The highest BCUT2D eigenvalue weighted by molar-refractivity contribution is 6.32. The average molecular weight is 335 g/mol.